The summed E-state index contributed by atoms with van der Waals surface area (Å²) < 4.78 is 40.8. The molecule has 0 radical (unpaired) electrons. The standard InChI is InChI=1S/C12H15ClF3NOS/c1-19-10-7-8(4-2-3-5-17)6-9(11(10)13)18-12(14,15)16/h6-7H,2-5,17H2,1H3. The van der Waals surface area contributed by atoms with E-state index in [9.17, 15) is 13.2 Å². The van der Waals surface area contributed by atoms with Crippen molar-refractivity contribution >= 4 is 23.4 Å². The zero-order valence-electron chi connectivity index (χ0n) is 10.4. The molecule has 19 heavy (non-hydrogen) atoms. The smallest absolute Gasteiger partial charge is 0.404 e. The molecule has 7 heteroatoms. The minimum absolute atomic E-state index is 0.00704. The second-order valence-electron chi connectivity index (χ2n) is 3.90. The summed E-state index contributed by atoms with van der Waals surface area (Å²) in [4.78, 5) is 0.575. The Morgan fingerprint density at radius 2 is 2.00 bits per heavy atom. The maximum Gasteiger partial charge on any atom is 0.573 e. The normalized spacial score (nSPS) is 11.7. The molecule has 0 fully saturated rings. The quantitative estimate of drug-likeness (QED) is 0.630. The summed E-state index contributed by atoms with van der Waals surface area (Å²) in [5.41, 5.74) is 6.15. The highest BCUT2D eigenvalue weighted by atomic mass is 35.5. The molecule has 0 saturated carbocycles. The molecule has 1 aromatic rings. The average Bonchev–Trinajstić information content (AvgIpc) is 2.31. The van der Waals surface area contributed by atoms with E-state index in [2.05, 4.69) is 4.74 Å². The van der Waals surface area contributed by atoms with Crippen molar-refractivity contribution in [2.75, 3.05) is 12.8 Å². The van der Waals surface area contributed by atoms with Crippen LogP contribution in [0.1, 0.15) is 18.4 Å². The number of nitrogens with two attached hydrogens (primary N) is 1. The van der Waals surface area contributed by atoms with Gasteiger partial charge in [-0.2, -0.15) is 0 Å². The van der Waals surface area contributed by atoms with E-state index in [1.54, 1.807) is 12.3 Å². The Morgan fingerprint density at radius 3 is 2.53 bits per heavy atom. The van der Waals surface area contributed by atoms with Gasteiger partial charge < -0.3 is 10.5 Å². The fraction of sp³-hybridized carbons (Fsp3) is 0.500. The number of aryl methyl sites for hydroxylation is 1. The summed E-state index contributed by atoms with van der Waals surface area (Å²) in [6.07, 6.45) is -0.697. The van der Waals surface area contributed by atoms with Crippen molar-refractivity contribution < 1.29 is 17.9 Å². The molecule has 0 atom stereocenters. The van der Waals surface area contributed by atoms with E-state index in [1.165, 1.54) is 17.8 Å². The highest BCUT2D eigenvalue weighted by molar-refractivity contribution is 7.98. The molecule has 2 nitrogen and oxygen atoms in total. The molecule has 0 aliphatic heterocycles. The molecule has 1 rings (SSSR count). The average molecular weight is 314 g/mol. The van der Waals surface area contributed by atoms with Gasteiger partial charge in [-0.3, -0.25) is 0 Å². The second kappa shape index (κ2) is 7.26. The third-order valence-electron chi connectivity index (χ3n) is 2.43. The molecule has 0 aliphatic carbocycles. The van der Waals surface area contributed by atoms with Gasteiger partial charge in [0, 0.05) is 4.90 Å². The van der Waals surface area contributed by atoms with Gasteiger partial charge in [-0.15, -0.1) is 24.9 Å². The molecule has 108 valence electrons. The number of hydrogen-bond acceptors (Lipinski definition) is 3. The lowest BCUT2D eigenvalue weighted by atomic mass is 10.1. The van der Waals surface area contributed by atoms with Crippen molar-refractivity contribution in [1.29, 1.82) is 0 Å². The third kappa shape index (κ3) is 5.50. The Hall–Kier alpha value is -0.590. The van der Waals surface area contributed by atoms with Gasteiger partial charge in [0.1, 0.15) is 5.75 Å². The topological polar surface area (TPSA) is 35.2 Å². The molecule has 0 unspecified atom stereocenters. The molecular formula is C12H15ClF3NOS. The highest BCUT2D eigenvalue weighted by Crippen LogP contribution is 2.38. The molecule has 0 amide bonds. The molecule has 0 aromatic heterocycles. The van der Waals surface area contributed by atoms with Crippen molar-refractivity contribution in [3.8, 4) is 5.75 Å². The fourth-order valence-corrected chi connectivity index (χ4v) is 2.52. The van der Waals surface area contributed by atoms with Crippen LogP contribution in [0.2, 0.25) is 5.02 Å². The Kier molecular flexibility index (Phi) is 6.29. The lowest BCUT2D eigenvalue weighted by Crippen LogP contribution is -2.17. The van der Waals surface area contributed by atoms with E-state index in [1.807, 2.05) is 0 Å². The van der Waals surface area contributed by atoms with Crippen molar-refractivity contribution in [2.24, 2.45) is 5.73 Å². The fourth-order valence-electron chi connectivity index (χ4n) is 1.59. The van der Waals surface area contributed by atoms with E-state index >= 15 is 0 Å². The number of ether oxygens (including phenoxy) is 1. The number of halogens is 4. The number of benzene rings is 1. The van der Waals surface area contributed by atoms with E-state index in [0.717, 1.165) is 18.4 Å². The first-order chi connectivity index (χ1) is 8.87. The van der Waals surface area contributed by atoms with Gasteiger partial charge in [0.2, 0.25) is 0 Å². The van der Waals surface area contributed by atoms with Crippen LogP contribution in [-0.4, -0.2) is 19.2 Å². The lowest BCUT2D eigenvalue weighted by molar-refractivity contribution is -0.274. The lowest BCUT2D eigenvalue weighted by Gasteiger charge is -2.14. The van der Waals surface area contributed by atoms with Crippen LogP contribution in [0.15, 0.2) is 17.0 Å². The number of hydrogen-bond donors (Lipinski definition) is 1. The molecule has 0 heterocycles. The van der Waals surface area contributed by atoms with E-state index in [4.69, 9.17) is 17.3 Å². The number of rotatable bonds is 6. The van der Waals surface area contributed by atoms with Gasteiger partial charge in [0.05, 0.1) is 5.02 Å². The zero-order valence-corrected chi connectivity index (χ0v) is 12.0. The first-order valence-corrected chi connectivity index (χ1v) is 7.30. The summed E-state index contributed by atoms with van der Waals surface area (Å²) in [6.45, 7) is 0.564. The first kappa shape index (κ1) is 16.5. The van der Waals surface area contributed by atoms with Crippen LogP contribution >= 0.6 is 23.4 Å². The zero-order chi connectivity index (χ0) is 14.5. The largest absolute Gasteiger partial charge is 0.573 e. The number of thioether (sulfide) groups is 1. The van der Waals surface area contributed by atoms with Crippen LogP contribution < -0.4 is 10.5 Å². The molecule has 0 aliphatic rings. The van der Waals surface area contributed by atoms with Gasteiger partial charge in [-0.1, -0.05) is 11.6 Å². The predicted octanol–water partition coefficient (Wildman–Crippen LogP) is 4.24. The number of unbranched alkanes of at least 4 members (excludes halogenated alkanes) is 1. The summed E-state index contributed by atoms with van der Waals surface area (Å²) in [5, 5.41) is -0.00704. The predicted molar refractivity (Wildman–Crippen MR) is 71.9 cm³/mol. The van der Waals surface area contributed by atoms with Crippen molar-refractivity contribution in [1.82, 2.24) is 0 Å². The maximum atomic E-state index is 12.3. The van der Waals surface area contributed by atoms with Crippen LogP contribution in [0.3, 0.4) is 0 Å². The van der Waals surface area contributed by atoms with E-state index in [-0.39, 0.29) is 10.8 Å². The second-order valence-corrected chi connectivity index (χ2v) is 5.13. The molecule has 0 saturated heterocycles. The van der Waals surface area contributed by atoms with Gasteiger partial charge in [0.15, 0.2) is 0 Å². The van der Waals surface area contributed by atoms with Gasteiger partial charge >= 0.3 is 6.36 Å². The molecular weight excluding hydrogens is 299 g/mol. The summed E-state index contributed by atoms with van der Waals surface area (Å²) >= 11 is 7.17. The van der Waals surface area contributed by atoms with Crippen LogP contribution in [0.4, 0.5) is 13.2 Å². The summed E-state index contributed by atoms with van der Waals surface area (Å²) in [7, 11) is 0. The Labute approximate surface area is 119 Å². The molecule has 0 spiro atoms. The van der Waals surface area contributed by atoms with Gasteiger partial charge in [0.25, 0.3) is 0 Å². The van der Waals surface area contributed by atoms with E-state index in [0.29, 0.717) is 17.9 Å². The molecule has 2 N–H and O–H groups in total. The minimum atomic E-state index is -4.74. The van der Waals surface area contributed by atoms with Crippen molar-refractivity contribution in [3.63, 3.8) is 0 Å². The van der Waals surface area contributed by atoms with Crippen LogP contribution in [0, 0.1) is 0 Å². The third-order valence-corrected chi connectivity index (χ3v) is 3.69. The maximum absolute atomic E-state index is 12.3. The highest BCUT2D eigenvalue weighted by Gasteiger charge is 2.32. The summed E-state index contributed by atoms with van der Waals surface area (Å²) in [6, 6.07) is 3.12. The van der Waals surface area contributed by atoms with Gasteiger partial charge in [-0.25, -0.2) is 0 Å². The van der Waals surface area contributed by atoms with Crippen LogP contribution in [0.25, 0.3) is 0 Å². The molecule has 0 bridgehead atoms. The minimum Gasteiger partial charge on any atom is -0.404 e. The number of alkyl halides is 3. The van der Waals surface area contributed by atoms with Crippen molar-refractivity contribution in [2.45, 2.75) is 30.5 Å². The SMILES string of the molecule is CSc1cc(CCCCN)cc(OC(F)(F)F)c1Cl. The molecule has 1 aromatic carbocycles. The summed E-state index contributed by atoms with van der Waals surface area (Å²) in [5.74, 6) is -0.344. The Morgan fingerprint density at radius 1 is 1.32 bits per heavy atom. The van der Waals surface area contributed by atoms with Crippen LogP contribution in [0.5, 0.6) is 5.75 Å². The van der Waals surface area contributed by atoms with Gasteiger partial charge in [-0.05, 0) is 49.8 Å². The van der Waals surface area contributed by atoms with E-state index < -0.39 is 6.36 Å². The van der Waals surface area contributed by atoms with Crippen LogP contribution in [-0.2, 0) is 6.42 Å². The Bertz CT molecular complexity index is 426. The monoisotopic (exact) mass is 313 g/mol. The van der Waals surface area contributed by atoms with Crippen molar-refractivity contribution in [3.05, 3.63) is 22.7 Å². The Balaban J connectivity index is 2.97. The first-order valence-electron chi connectivity index (χ1n) is 5.69.